The number of hydrogen-bond donors (Lipinski definition) is 1. The summed E-state index contributed by atoms with van der Waals surface area (Å²) in [6, 6.07) is 58.4. The van der Waals surface area contributed by atoms with Crippen LogP contribution in [-0.4, -0.2) is 33.3 Å². The van der Waals surface area contributed by atoms with E-state index in [0.29, 0.717) is 11.8 Å². The first-order chi connectivity index (χ1) is 28.5. The Hall–Kier alpha value is -5.46. The molecular formula is C54H51GeIrN3O-2. The van der Waals surface area contributed by atoms with E-state index in [-0.39, 0.29) is 25.9 Å². The molecule has 8 aromatic rings. The maximum Gasteiger partial charge on any atom is 0 e. The van der Waals surface area contributed by atoms with Crippen LogP contribution in [0, 0.1) is 12.1 Å². The summed E-state index contributed by atoms with van der Waals surface area (Å²) >= 11 is -2.04. The first-order valence-corrected chi connectivity index (χ1v) is 27.7. The van der Waals surface area contributed by atoms with E-state index in [4.69, 9.17) is 4.98 Å². The summed E-state index contributed by atoms with van der Waals surface area (Å²) in [6.45, 7) is 9.14. The van der Waals surface area contributed by atoms with Crippen LogP contribution in [0.15, 0.2) is 164 Å². The topological polar surface area (TPSA) is 58.9 Å². The Bertz CT molecular complexity index is 2560. The van der Waals surface area contributed by atoms with E-state index >= 15 is 0 Å². The standard InChI is InChI=1S/C34H31N2.C20H20GeNO.Ir/c1-23(2)30-21-26(25-12-6-5-7-13-25)22-31(24(3)4)34(30)29-19-27(32-14-8-10-16-35-32)18-28(20-29)33-15-9-11-17-36-33;1-21(2,3)16-13-18(15-9-5-4-6-10-15)22-19(14-16)17-11-7-8-12-20(17)23;/h5-17,19-24H,1-4H3;4-9,11-14,23H,1-3H3;/q2*-1;. The number of aromatic hydroxyl groups is 1. The Labute approximate surface area is 372 Å². The molecule has 303 valence electrons. The third kappa shape index (κ3) is 10.5. The predicted molar refractivity (Wildman–Crippen MR) is 249 cm³/mol. The van der Waals surface area contributed by atoms with Gasteiger partial charge in [-0.05, 0) is 51.8 Å². The number of aromatic nitrogens is 3. The Balaban J connectivity index is 0.000000218. The second kappa shape index (κ2) is 19.7. The van der Waals surface area contributed by atoms with Crippen LogP contribution in [0.1, 0.15) is 50.7 Å². The van der Waals surface area contributed by atoms with E-state index in [9.17, 15) is 5.11 Å². The summed E-state index contributed by atoms with van der Waals surface area (Å²) in [5, 5.41) is 10.2. The summed E-state index contributed by atoms with van der Waals surface area (Å²) in [4.78, 5) is 14.1. The number of phenols is 1. The zero-order valence-corrected chi connectivity index (χ0v) is 39.9. The number of rotatable bonds is 9. The number of para-hydroxylation sites is 1. The van der Waals surface area contributed by atoms with Crippen molar-refractivity contribution in [2.24, 2.45) is 0 Å². The van der Waals surface area contributed by atoms with Crippen LogP contribution >= 0.6 is 0 Å². The summed E-state index contributed by atoms with van der Waals surface area (Å²) in [7, 11) is 0. The van der Waals surface area contributed by atoms with Crippen molar-refractivity contribution in [3.63, 3.8) is 0 Å². The second-order valence-corrected chi connectivity index (χ2v) is 27.2. The van der Waals surface area contributed by atoms with Crippen LogP contribution in [0.4, 0.5) is 0 Å². The van der Waals surface area contributed by atoms with Gasteiger partial charge in [0.2, 0.25) is 0 Å². The molecule has 60 heavy (non-hydrogen) atoms. The zero-order chi connectivity index (χ0) is 41.5. The SMILES string of the molecule is CC(C)c1cc(-c2ccccc2)cc(C(C)C)c1-c1cc(-c2ccccn2)[c-]c(-c2ccccn2)c1.[CH3][Ge]([CH3])([CH3])[c]1cc(-c2[c-]cccc2)nc(-c2ccccc2O)c1.[Ir]. The summed E-state index contributed by atoms with van der Waals surface area (Å²) < 4.78 is 1.37. The van der Waals surface area contributed by atoms with Crippen LogP contribution < -0.4 is 4.40 Å². The molecule has 0 amide bonds. The Kier molecular flexibility index (Phi) is 14.5. The summed E-state index contributed by atoms with van der Waals surface area (Å²) in [6.07, 6.45) is 3.67. The average molecular weight is 1020 g/mol. The molecule has 0 saturated heterocycles. The number of nitrogens with zero attached hydrogens (tertiary/aromatic N) is 3. The van der Waals surface area contributed by atoms with Crippen molar-refractivity contribution >= 4 is 17.7 Å². The van der Waals surface area contributed by atoms with Crippen molar-refractivity contribution in [3.8, 4) is 73.0 Å². The van der Waals surface area contributed by atoms with Crippen molar-refractivity contribution in [2.45, 2.75) is 56.8 Å². The maximum absolute atomic E-state index is 10.2. The molecule has 0 bridgehead atoms. The quantitative estimate of drug-likeness (QED) is 0.116. The number of pyridine rings is 3. The molecule has 0 aliphatic carbocycles. The van der Waals surface area contributed by atoms with Crippen molar-refractivity contribution in [2.75, 3.05) is 0 Å². The smallest absolute Gasteiger partial charge is 0 e. The van der Waals surface area contributed by atoms with Crippen molar-refractivity contribution in [3.05, 3.63) is 187 Å². The van der Waals surface area contributed by atoms with Gasteiger partial charge in [0.1, 0.15) is 0 Å². The van der Waals surface area contributed by atoms with Gasteiger partial charge in [0, 0.05) is 43.9 Å². The van der Waals surface area contributed by atoms with Gasteiger partial charge in [-0.1, -0.05) is 111 Å². The third-order valence-corrected chi connectivity index (χ3v) is 14.7. The number of phenolic OH excluding ortho intramolecular Hbond substituents is 1. The number of hydrogen-bond acceptors (Lipinski definition) is 4. The monoisotopic (exact) mass is 1020 g/mol. The fourth-order valence-corrected chi connectivity index (χ4v) is 9.64. The summed E-state index contributed by atoms with van der Waals surface area (Å²) in [5.74, 6) is 8.08. The van der Waals surface area contributed by atoms with E-state index in [1.165, 1.54) is 37.8 Å². The van der Waals surface area contributed by atoms with E-state index in [2.05, 4.69) is 134 Å². The van der Waals surface area contributed by atoms with Gasteiger partial charge >= 0.3 is 140 Å². The van der Waals surface area contributed by atoms with E-state index < -0.39 is 13.3 Å². The fourth-order valence-electron chi connectivity index (χ4n) is 7.25. The molecule has 0 saturated carbocycles. The Morgan fingerprint density at radius 1 is 0.517 bits per heavy atom. The first kappa shape index (κ1) is 44.1. The minimum Gasteiger partial charge on any atom is 0 e. The van der Waals surface area contributed by atoms with Gasteiger partial charge in [0.25, 0.3) is 0 Å². The molecule has 6 heteroatoms. The summed E-state index contributed by atoms with van der Waals surface area (Å²) in [5.41, 5.74) is 15.0. The van der Waals surface area contributed by atoms with Gasteiger partial charge in [0.05, 0.1) is 0 Å². The molecule has 5 aromatic carbocycles. The van der Waals surface area contributed by atoms with Gasteiger partial charge in [-0.15, -0.1) is 18.2 Å². The largest absolute Gasteiger partial charge is 0 e. The molecule has 0 aliphatic heterocycles. The first-order valence-electron chi connectivity index (χ1n) is 20.4. The minimum absolute atomic E-state index is 0. The molecule has 1 N–H and O–H groups in total. The molecular weight excluding hydrogens is 971 g/mol. The molecule has 1 radical (unpaired) electrons. The maximum atomic E-state index is 10.2. The van der Waals surface area contributed by atoms with Crippen LogP contribution in [0.2, 0.25) is 17.3 Å². The zero-order valence-electron chi connectivity index (χ0n) is 35.4. The normalized spacial score (nSPS) is 11.2. The van der Waals surface area contributed by atoms with Gasteiger partial charge in [-0.2, -0.15) is 0 Å². The predicted octanol–water partition coefficient (Wildman–Crippen LogP) is 13.7. The molecule has 3 aromatic heterocycles. The van der Waals surface area contributed by atoms with Crippen molar-refractivity contribution in [1.82, 2.24) is 15.0 Å². The van der Waals surface area contributed by atoms with Crippen LogP contribution in [0.25, 0.3) is 67.3 Å². The van der Waals surface area contributed by atoms with Gasteiger partial charge in [0.15, 0.2) is 0 Å². The molecule has 0 aliphatic rings. The van der Waals surface area contributed by atoms with Crippen LogP contribution in [0.3, 0.4) is 0 Å². The van der Waals surface area contributed by atoms with Gasteiger partial charge < -0.3 is 0 Å². The number of benzene rings is 5. The van der Waals surface area contributed by atoms with Gasteiger partial charge in [-0.3, -0.25) is 9.97 Å². The molecule has 4 nitrogen and oxygen atoms in total. The van der Waals surface area contributed by atoms with Gasteiger partial charge in [-0.25, -0.2) is 0 Å². The van der Waals surface area contributed by atoms with Crippen molar-refractivity contribution in [1.29, 1.82) is 0 Å². The molecule has 0 fully saturated rings. The molecule has 0 spiro atoms. The van der Waals surface area contributed by atoms with E-state index in [1.807, 2.05) is 91.3 Å². The molecule has 3 heterocycles. The van der Waals surface area contributed by atoms with E-state index in [0.717, 1.165) is 45.0 Å². The Morgan fingerprint density at radius 3 is 1.58 bits per heavy atom. The average Bonchev–Trinajstić information content (AvgIpc) is 3.27. The van der Waals surface area contributed by atoms with Crippen LogP contribution in [-0.2, 0) is 20.1 Å². The molecule has 0 unspecified atom stereocenters. The second-order valence-electron chi connectivity index (χ2n) is 16.5. The fraction of sp³-hybridized carbons (Fsp3) is 0.167. The minimum atomic E-state index is -2.04. The molecule has 0 atom stereocenters. The molecule has 8 rings (SSSR count). The van der Waals surface area contributed by atoms with E-state index in [1.54, 1.807) is 6.07 Å². The third-order valence-electron chi connectivity index (χ3n) is 10.4. The Morgan fingerprint density at radius 2 is 1.07 bits per heavy atom. The van der Waals surface area contributed by atoms with Crippen molar-refractivity contribution < 1.29 is 25.2 Å². The van der Waals surface area contributed by atoms with Crippen LogP contribution in [0.5, 0.6) is 5.75 Å².